The Morgan fingerprint density at radius 2 is 2.42 bits per heavy atom. The Balaban J connectivity index is 1.61. The van der Waals surface area contributed by atoms with Crippen molar-refractivity contribution in [3.05, 3.63) is 16.4 Å². The Morgan fingerprint density at radius 1 is 1.68 bits per heavy atom. The summed E-state index contributed by atoms with van der Waals surface area (Å²) < 4.78 is 2.61. The average Bonchev–Trinajstić information content (AvgIpc) is 2.58. The first-order valence-corrected chi connectivity index (χ1v) is 7.53. The summed E-state index contributed by atoms with van der Waals surface area (Å²) in [7, 11) is 1.85. The Bertz CT molecular complexity index is 489. The SMILES string of the molecule is Cn1ncc(Br)c1CC(=O)NC1CC(N)C12CCC2. The van der Waals surface area contributed by atoms with Gasteiger partial charge in [0, 0.05) is 24.5 Å². The molecule has 104 valence electrons. The van der Waals surface area contributed by atoms with Gasteiger partial charge < -0.3 is 11.1 Å². The maximum Gasteiger partial charge on any atom is 0.226 e. The quantitative estimate of drug-likeness (QED) is 0.874. The summed E-state index contributed by atoms with van der Waals surface area (Å²) in [5.74, 6) is 0.0625. The van der Waals surface area contributed by atoms with Crippen LogP contribution in [0.4, 0.5) is 0 Å². The molecule has 2 aliphatic rings. The highest BCUT2D eigenvalue weighted by molar-refractivity contribution is 9.10. The maximum atomic E-state index is 12.1. The molecule has 1 heterocycles. The molecule has 6 heteroatoms. The van der Waals surface area contributed by atoms with Gasteiger partial charge in [0.2, 0.25) is 5.91 Å². The van der Waals surface area contributed by atoms with E-state index in [1.165, 1.54) is 6.42 Å². The summed E-state index contributed by atoms with van der Waals surface area (Å²) in [6.07, 6.45) is 6.56. The summed E-state index contributed by atoms with van der Waals surface area (Å²) in [6.45, 7) is 0. The highest BCUT2D eigenvalue weighted by atomic mass is 79.9. The number of nitrogens with one attached hydrogen (secondary N) is 1. The Kier molecular flexibility index (Phi) is 3.17. The summed E-state index contributed by atoms with van der Waals surface area (Å²) in [4.78, 5) is 12.1. The predicted octanol–water partition coefficient (Wildman–Crippen LogP) is 1.11. The van der Waals surface area contributed by atoms with Gasteiger partial charge in [-0.15, -0.1) is 0 Å². The number of aryl methyl sites for hydroxylation is 1. The van der Waals surface area contributed by atoms with E-state index in [-0.39, 0.29) is 23.4 Å². The van der Waals surface area contributed by atoms with E-state index >= 15 is 0 Å². The van der Waals surface area contributed by atoms with E-state index in [4.69, 9.17) is 5.73 Å². The highest BCUT2D eigenvalue weighted by Crippen LogP contribution is 2.55. The van der Waals surface area contributed by atoms with Crippen molar-refractivity contribution in [2.24, 2.45) is 18.2 Å². The first-order valence-electron chi connectivity index (χ1n) is 6.74. The van der Waals surface area contributed by atoms with Crippen molar-refractivity contribution in [2.45, 2.75) is 44.2 Å². The molecule has 0 aromatic carbocycles. The van der Waals surface area contributed by atoms with Gasteiger partial charge in [0.15, 0.2) is 0 Å². The fourth-order valence-electron chi connectivity index (χ4n) is 3.36. The van der Waals surface area contributed by atoms with Gasteiger partial charge in [-0.25, -0.2) is 0 Å². The number of hydrogen-bond acceptors (Lipinski definition) is 3. The molecule has 2 saturated carbocycles. The molecule has 0 saturated heterocycles. The van der Waals surface area contributed by atoms with E-state index in [0.29, 0.717) is 6.42 Å². The lowest BCUT2D eigenvalue weighted by Crippen LogP contribution is -2.70. The van der Waals surface area contributed by atoms with Crippen molar-refractivity contribution in [2.75, 3.05) is 0 Å². The van der Waals surface area contributed by atoms with Gasteiger partial charge in [0.1, 0.15) is 0 Å². The normalized spacial score (nSPS) is 27.7. The smallest absolute Gasteiger partial charge is 0.226 e. The standard InChI is InChI=1S/C13H19BrN4O/c1-18-9(8(14)7-16-18)5-12(19)17-11-6-10(15)13(11)3-2-4-13/h7,10-11H,2-6,15H2,1H3,(H,17,19). The second-order valence-electron chi connectivity index (χ2n) is 5.79. The van der Waals surface area contributed by atoms with Gasteiger partial charge >= 0.3 is 0 Å². The molecule has 0 aliphatic heterocycles. The Hall–Kier alpha value is -0.880. The van der Waals surface area contributed by atoms with Crippen LogP contribution < -0.4 is 11.1 Å². The molecule has 19 heavy (non-hydrogen) atoms. The molecule has 1 aromatic heterocycles. The third-order valence-electron chi connectivity index (χ3n) is 4.88. The van der Waals surface area contributed by atoms with E-state index < -0.39 is 0 Å². The summed E-state index contributed by atoms with van der Waals surface area (Å²) in [5.41, 5.74) is 7.21. The van der Waals surface area contributed by atoms with Crippen LogP contribution in [-0.2, 0) is 18.3 Å². The highest BCUT2D eigenvalue weighted by Gasteiger charge is 2.57. The molecule has 2 unspecified atom stereocenters. The predicted molar refractivity (Wildman–Crippen MR) is 75.4 cm³/mol. The maximum absolute atomic E-state index is 12.1. The van der Waals surface area contributed by atoms with E-state index in [1.54, 1.807) is 10.9 Å². The molecule has 3 N–H and O–H groups in total. The number of halogens is 1. The summed E-state index contributed by atoms with van der Waals surface area (Å²) in [6, 6.07) is 0.547. The van der Waals surface area contributed by atoms with Gasteiger partial charge in [-0.05, 0) is 35.2 Å². The van der Waals surface area contributed by atoms with E-state index in [0.717, 1.165) is 29.4 Å². The van der Waals surface area contributed by atoms with Gasteiger partial charge in [-0.2, -0.15) is 5.10 Å². The van der Waals surface area contributed by atoms with Crippen molar-refractivity contribution < 1.29 is 4.79 Å². The van der Waals surface area contributed by atoms with Gasteiger partial charge in [0.05, 0.1) is 22.8 Å². The zero-order valence-electron chi connectivity index (χ0n) is 11.0. The van der Waals surface area contributed by atoms with Gasteiger partial charge in [-0.1, -0.05) is 6.42 Å². The lowest BCUT2D eigenvalue weighted by atomic mass is 9.50. The fraction of sp³-hybridized carbons (Fsp3) is 0.692. The van der Waals surface area contributed by atoms with Crippen molar-refractivity contribution in [3.63, 3.8) is 0 Å². The van der Waals surface area contributed by atoms with Crippen LogP contribution in [0.3, 0.4) is 0 Å². The monoisotopic (exact) mass is 326 g/mol. The van der Waals surface area contributed by atoms with Crippen molar-refractivity contribution in [3.8, 4) is 0 Å². The summed E-state index contributed by atoms with van der Waals surface area (Å²) >= 11 is 3.42. The second-order valence-corrected chi connectivity index (χ2v) is 6.64. The molecule has 1 amide bonds. The van der Waals surface area contributed by atoms with Crippen LogP contribution in [0, 0.1) is 5.41 Å². The minimum atomic E-state index is 0.0625. The first kappa shape index (κ1) is 13.1. The molecule has 5 nitrogen and oxygen atoms in total. The molecule has 0 bridgehead atoms. The topological polar surface area (TPSA) is 72.9 Å². The van der Waals surface area contributed by atoms with E-state index in [9.17, 15) is 4.79 Å². The third kappa shape index (κ3) is 2.01. The van der Waals surface area contributed by atoms with Crippen LogP contribution in [-0.4, -0.2) is 27.8 Å². The molecule has 0 radical (unpaired) electrons. The number of carbonyl (C=O) groups is 1. The molecule has 1 spiro atoms. The van der Waals surface area contributed by atoms with Crippen molar-refractivity contribution >= 4 is 21.8 Å². The second kappa shape index (κ2) is 4.59. The number of nitrogens with two attached hydrogens (primary N) is 1. The van der Waals surface area contributed by atoms with E-state index in [2.05, 4.69) is 26.3 Å². The molecular formula is C13H19BrN4O. The van der Waals surface area contributed by atoms with Gasteiger partial charge in [0.25, 0.3) is 0 Å². The number of rotatable bonds is 3. The zero-order chi connectivity index (χ0) is 13.6. The molecule has 2 fully saturated rings. The molecule has 2 aliphatic carbocycles. The average molecular weight is 327 g/mol. The van der Waals surface area contributed by atoms with Crippen LogP contribution in [0.5, 0.6) is 0 Å². The number of hydrogen-bond donors (Lipinski definition) is 2. The zero-order valence-corrected chi connectivity index (χ0v) is 12.6. The fourth-order valence-corrected chi connectivity index (χ4v) is 3.85. The number of carbonyl (C=O) groups excluding carboxylic acids is 1. The van der Waals surface area contributed by atoms with Crippen LogP contribution in [0.25, 0.3) is 0 Å². The van der Waals surface area contributed by atoms with Crippen molar-refractivity contribution in [1.82, 2.24) is 15.1 Å². The number of aromatic nitrogens is 2. The van der Waals surface area contributed by atoms with E-state index in [1.807, 2.05) is 7.05 Å². The van der Waals surface area contributed by atoms with Crippen LogP contribution in [0.15, 0.2) is 10.7 Å². The first-order chi connectivity index (χ1) is 9.03. The summed E-state index contributed by atoms with van der Waals surface area (Å²) in [5, 5.41) is 7.27. The van der Waals surface area contributed by atoms with Crippen LogP contribution in [0.1, 0.15) is 31.4 Å². The lowest BCUT2D eigenvalue weighted by molar-refractivity contribution is -0.127. The lowest BCUT2D eigenvalue weighted by Gasteiger charge is -2.60. The number of amides is 1. The van der Waals surface area contributed by atoms with Crippen molar-refractivity contribution in [1.29, 1.82) is 0 Å². The van der Waals surface area contributed by atoms with Crippen LogP contribution in [0.2, 0.25) is 0 Å². The largest absolute Gasteiger partial charge is 0.352 e. The molecule has 2 atom stereocenters. The molecule has 1 aromatic rings. The molecule has 3 rings (SSSR count). The minimum Gasteiger partial charge on any atom is -0.352 e. The minimum absolute atomic E-state index is 0.0625. The third-order valence-corrected chi connectivity index (χ3v) is 5.54. The van der Waals surface area contributed by atoms with Gasteiger partial charge in [-0.3, -0.25) is 9.48 Å². The number of nitrogens with zero attached hydrogens (tertiary/aromatic N) is 2. The Morgan fingerprint density at radius 3 is 2.89 bits per heavy atom. The Labute approximate surface area is 121 Å². The van der Waals surface area contributed by atoms with Crippen LogP contribution >= 0.6 is 15.9 Å². The molecular weight excluding hydrogens is 308 g/mol.